The Kier molecular flexibility index (Phi) is 7.19. The number of furan rings is 1. The van der Waals surface area contributed by atoms with Gasteiger partial charge in [-0.2, -0.15) is 4.37 Å². The zero-order valence-corrected chi connectivity index (χ0v) is 18.6. The van der Waals surface area contributed by atoms with E-state index in [4.69, 9.17) is 14.1 Å². The molecule has 0 radical (unpaired) electrons. The second kappa shape index (κ2) is 10.4. The average Bonchev–Trinajstić information content (AvgIpc) is 3.49. The predicted octanol–water partition coefficient (Wildman–Crippen LogP) is 4.14. The summed E-state index contributed by atoms with van der Waals surface area (Å²) < 4.78 is 15.4. The Hall–Kier alpha value is -2.87. The van der Waals surface area contributed by atoms with Crippen LogP contribution >= 0.6 is 11.5 Å². The van der Waals surface area contributed by atoms with Gasteiger partial charge in [-0.3, -0.25) is 4.79 Å². The quantitative estimate of drug-likeness (QED) is 0.498. The summed E-state index contributed by atoms with van der Waals surface area (Å²) in [6.07, 6.45) is 6.19. The van der Waals surface area contributed by atoms with Crippen molar-refractivity contribution in [1.82, 2.24) is 14.3 Å². The molecule has 1 fully saturated rings. The summed E-state index contributed by atoms with van der Waals surface area (Å²) in [4.78, 5) is 21.5. The number of rotatable bonds is 9. The van der Waals surface area contributed by atoms with Crippen LogP contribution in [0, 0.1) is 0 Å². The lowest BCUT2D eigenvalue weighted by Crippen LogP contribution is -2.37. The zero-order chi connectivity index (χ0) is 21.5. The Morgan fingerprint density at radius 1 is 1.23 bits per heavy atom. The van der Waals surface area contributed by atoms with E-state index in [0.29, 0.717) is 25.9 Å². The van der Waals surface area contributed by atoms with E-state index in [9.17, 15) is 4.79 Å². The van der Waals surface area contributed by atoms with Crippen LogP contribution in [-0.4, -0.2) is 46.9 Å². The van der Waals surface area contributed by atoms with Crippen molar-refractivity contribution in [1.29, 1.82) is 0 Å². The minimum absolute atomic E-state index is 0.213. The van der Waals surface area contributed by atoms with Crippen molar-refractivity contribution in [3.05, 3.63) is 59.8 Å². The standard InChI is InChI=1S/C23H28N4O3S/c1-29-19-8-5-7-18(15-19)16-21-24-23(31-25-21)27(17-20-9-6-14-30-20)13-10-22(28)26-11-3-2-4-12-26/h5-9,14-15H,2-4,10-13,16-17H2,1H3. The van der Waals surface area contributed by atoms with E-state index in [1.165, 1.54) is 18.0 Å². The molecule has 1 aliphatic heterocycles. The Morgan fingerprint density at radius 2 is 2.10 bits per heavy atom. The monoisotopic (exact) mass is 440 g/mol. The number of carbonyl (C=O) groups excluding carboxylic acids is 1. The van der Waals surface area contributed by atoms with Crippen molar-refractivity contribution >= 4 is 22.6 Å². The smallest absolute Gasteiger partial charge is 0.224 e. The van der Waals surface area contributed by atoms with Gasteiger partial charge in [0, 0.05) is 44.0 Å². The van der Waals surface area contributed by atoms with Gasteiger partial charge in [0.25, 0.3) is 0 Å². The number of amides is 1. The van der Waals surface area contributed by atoms with Gasteiger partial charge in [-0.05, 0) is 49.1 Å². The molecular formula is C23H28N4O3S. The number of nitrogens with zero attached hydrogens (tertiary/aromatic N) is 4. The van der Waals surface area contributed by atoms with Crippen molar-refractivity contribution < 1.29 is 13.9 Å². The van der Waals surface area contributed by atoms with E-state index in [-0.39, 0.29) is 5.91 Å². The van der Waals surface area contributed by atoms with E-state index in [1.807, 2.05) is 41.3 Å². The van der Waals surface area contributed by atoms with Gasteiger partial charge in [-0.25, -0.2) is 4.98 Å². The van der Waals surface area contributed by atoms with Crippen LogP contribution in [-0.2, 0) is 17.8 Å². The molecule has 31 heavy (non-hydrogen) atoms. The largest absolute Gasteiger partial charge is 0.497 e. The normalized spacial score (nSPS) is 13.9. The van der Waals surface area contributed by atoms with Gasteiger partial charge < -0.3 is 19.0 Å². The molecular weight excluding hydrogens is 412 g/mol. The van der Waals surface area contributed by atoms with Gasteiger partial charge in [0.15, 0.2) is 0 Å². The lowest BCUT2D eigenvalue weighted by Gasteiger charge is -2.28. The molecule has 0 N–H and O–H groups in total. The number of benzene rings is 1. The Labute approximate surface area is 186 Å². The number of ether oxygens (including phenoxy) is 1. The van der Waals surface area contributed by atoms with E-state index in [2.05, 4.69) is 9.27 Å². The third kappa shape index (κ3) is 5.85. The van der Waals surface area contributed by atoms with Crippen molar-refractivity contribution in [2.24, 2.45) is 0 Å². The SMILES string of the molecule is COc1cccc(Cc2nsc(N(CCC(=O)N3CCCCC3)Cc3ccco3)n2)c1. The minimum Gasteiger partial charge on any atom is -0.497 e. The first-order valence-electron chi connectivity index (χ1n) is 10.7. The van der Waals surface area contributed by atoms with Gasteiger partial charge in [0.1, 0.15) is 17.3 Å². The molecule has 164 valence electrons. The molecule has 3 aromatic rings. The Bertz CT molecular complexity index is 967. The number of aromatic nitrogens is 2. The molecule has 1 aromatic carbocycles. The second-order valence-corrected chi connectivity index (χ2v) is 8.44. The van der Waals surface area contributed by atoms with Crippen molar-refractivity contribution in [2.75, 3.05) is 31.6 Å². The summed E-state index contributed by atoms with van der Waals surface area (Å²) in [5.41, 5.74) is 1.10. The van der Waals surface area contributed by atoms with E-state index in [1.54, 1.807) is 13.4 Å². The molecule has 2 aromatic heterocycles. The van der Waals surface area contributed by atoms with Crippen LogP contribution in [0.3, 0.4) is 0 Å². The maximum atomic E-state index is 12.7. The van der Waals surface area contributed by atoms with Crippen LogP contribution in [0.1, 0.15) is 42.8 Å². The third-order valence-electron chi connectivity index (χ3n) is 5.46. The van der Waals surface area contributed by atoms with Gasteiger partial charge in [-0.1, -0.05) is 12.1 Å². The first kappa shape index (κ1) is 21.4. The predicted molar refractivity (Wildman–Crippen MR) is 121 cm³/mol. The summed E-state index contributed by atoms with van der Waals surface area (Å²) in [5, 5.41) is 0.806. The number of methoxy groups -OCH3 is 1. The fourth-order valence-electron chi connectivity index (χ4n) is 3.77. The van der Waals surface area contributed by atoms with Crippen molar-refractivity contribution in [3.63, 3.8) is 0 Å². The molecule has 0 aliphatic carbocycles. The van der Waals surface area contributed by atoms with Crippen LogP contribution in [0.4, 0.5) is 5.13 Å². The zero-order valence-electron chi connectivity index (χ0n) is 17.8. The third-order valence-corrected chi connectivity index (χ3v) is 6.27. The molecule has 1 amide bonds. The summed E-state index contributed by atoms with van der Waals surface area (Å²) in [6, 6.07) is 11.8. The molecule has 4 rings (SSSR count). The van der Waals surface area contributed by atoms with Gasteiger partial charge >= 0.3 is 0 Å². The Balaban J connectivity index is 1.44. The number of hydrogen-bond donors (Lipinski definition) is 0. The summed E-state index contributed by atoms with van der Waals surface area (Å²) >= 11 is 1.36. The molecule has 7 nitrogen and oxygen atoms in total. The van der Waals surface area contributed by atoms with Crippen LogP contribution < -0.4 is 9.64 Å². The van der Waals surface area contributed by atoms with Gasteiger partial charge in [-0.15, -0.1) is 0 Å². The number of carbonyl (C=O) groups is 1. The topological polar surface area (TPSA) is 71.7 Å². The Morgan fingerprint density at radius 3 is 2.87 bits per heavy atom. The van der Waals surface area contributed by atoms with Crippen LogP contribution in [0.25, 0.3) is 0 Å². The highest BCUT2D eigenvalue weighted by Crippen LogP contribution is 2.23. The van der Waals surface area contributed by atoms with E-state index in [0.717, 1.165) is 54.0 Å². The molecule has 0 saturated carbocycles. The second-order valence-electron chi connectivity index (χ2n) is 7.71. The number of likely N-dealkylation sites (tertiary alicyclic amines) is 1. The molecule has 0 unspecified atom stereocenters. The highest BCUT2D eigenvalue weighted by Gasteiger charge is 2.20. The van der Waals surface area contributed by atoms with Gasteiger partial charge in [0.05, 0.1) is 19.9 Å². The molecule has 3 heterocycles. The molecule has 1 aliphatic rings. The first-order valence-corrected chi connectivity index (χ1v) is 11.5. The molecule has 0 atom stereocenters. The number of hydrogen-bond acceptors (Lipinski definition) is 7. The summed E-state index contributed by atoms with van der Waals surface area (Å²) in [6.45, 7) is 2.90. The van der Waals surface area contributed by atoms with E-state index >= 15 is 0 Å². The fourth-order valence-corrected chi connectivity index (χ4v) is 4.48. The summed E-state index contributed by atoms with van der Waals surface area (Å²) in [7, 11) is 1.66. The van der Waals surface area contributed by atoms with Crippen LogP contribution in [0.15, 0.2) is 47.1 Å². The maximum Gasteiger partial charge on any atom is 0.224 e. The number of piperidine rings is 1. The lowest BCUT2D eigenvalue weighted by molar-refractivity contribution is -0.131. The highest BCUT2D eigenvalue weighted by molar-refractivity contribution is 7.09. The molecule has 0 spiro atoms. The molecule has 0 bridgehead atoms. The van der Waals surface area contributed by atoms with Crippen LogP contribution in [0.2, 0.25) is 0 Å². The average molecular weight is 441 g/mol. The molecule has 1 saturated heterocycles. The first-order chi connectivity index (χ1) is 15.2. The van der Waals surface area contributed by atoms with Crippen molar-refractivity contribution in [2.45, 2.75) is 38.6 Å². The maximum absolute atomic E-state index is 12.7. The highest BCUT2D eigenvalue weighted by atomic mass is 32.1. The minimum atomic E-state index is 0.213. The van der Waals surface area contributed by atoms with Crippen LogP contribution in [0.5, 0.6) is 5.75 Å². The molecule has 8 heteroatoms. The van der Waals surface area contributed by atoms with Gasteiger partial charge in [0.2, 0.25) is 11.0 Å². The van der Waals surface area contributed by atoms with Crippen molar-refractivity contribution in [3.8, 4) is 5.75 Å². The number of anilines is 1. The summed E-state index contributed by atoms with van der Waals surface area (Å²) in [5.74, 6) is 2.64. The van der Waals surface area contributed by atoms with E-state index < -0.39 is 0 Å². The fraction of sp³-hybridized carbons (Fsp3) is 0.435. The lowest BCUT2D eigenvalue weighted by atomic mass is 10.1.